The van der Waals surface area contributed by atoms with Crippen molar-refractivity contribution >= 4 is 17.0 Å². The van der Waals surface area contributed by atoms with Gasteiger partial charge in [0, 0.05) is 9.75 Å². The monoisotopic (exact) mass is 299 g/mol. The third kappa shape index (κ3) is 2.47. The van der Waals surface area contributed by atoms with Crippen LogP contribution in [-0.2, 0) is 6.18 Å². The Balaban J connectivity index is 1.86. The number of benzene rings is 1. The summed E-state index contributed by atoms with van der Waals surface area (Å²) in [6.45, 7) is 2.47. The number of fused-ring (bicyclic) bond motifs is 1. The van der Waals surface area contributed by atoms with Crippen molar-refractivity contribution < 1.29 is 17.9 Å². The van der Waals surface area contributed by atoms with Gasteiger partial charge in [-0.1, -0.05) is 0 Å². The topological polar surface area (TPSA) is 21.3 Å². The van der Waals surface area contributed by atoms with Crippen molar-refractivity contribution in [3.63, 3.8) is 0 Å². The first kappa shape index (κ1) is 13.3. The molecule has 3 rings (SSSR count). The molecule has 0 fully saturated rings. The summed E-state index contributed by atoms with van der Waals surface area (Å²) in [5, 5.41) is 3.01. The fourth-order valence-electron chi connectivity index (χ4n) is 2.13. The second kappa shape index (κ2) is 4.70. The fourth-order valence-corrected chi connectivity index (χ4v) is 3.04. The van der Waals surface area contributed by atoms with Crippen LogP contribution in [0.1, 0.15) is 21.4 Å². The van der Waals surface area contributed by atoms with Crippen LogP contribution in [0.3, 0.4) is 0 Å². The summed E-state index contributed by atoms with van der Waals surface area (Å²) in [5.41, 5.74) is -0.276. The summed E-state index contributed by atoms with van der Waals surface area (Å²) in [6, 6.07) is 7.50. The van der Waals surface area contributed by atoms with Gasteiger partial charge in [-0.05, 0) is 37.3 Å². The average molecular weight is 299 g/mol. The maximum absolute atomic E-state index is 12.6. The molecule has 1 aliphatic rings. The van der Waals surface area contributed by atoms with Crippen LogP contribution in [-0.4, -0.2) is 6.54 Å². The molecule has 2 aromatic rings. The number of halogens is 3. The van der Waals surface area contributed by atoms with Crippen LogP contribution < -0.4 is 10.1 Å². The van der Waals surface area contributed by atoms with Gasteiger partial charge < -0.3 is 10.1 Å². The van der Waals surface area contributed by atoms with E-state index in [0.717, 1.165) is 17.0 Å². The van der Waals surface area contributed by atoms with E-state index in [0.29, 0.717) is 18.0 Å². The third-order valence-electron chi connectivity index (χ3n) is 3.13. The minimum atomic E-state index is -4.33. The van der Waals surface area contributed by atoms with Gasteiger partial charge >= 0.3 is 6.18 Å². The van der Waals surface area contributed by atoms with E-state index in [9.17, 15) is 13.2 Å². The molecular weight excluding hydrogens is 287 g/mol. The molecule has 0 amide bonds. The van der Waals surface area contributed by atoms with Crippen molar-refractivity contribution in [2.75, 3.05) is 11.9 Å². The smallest absolute Gasteiger partial charge is 0.416 e. The Kier molecular flexibility index (Phi) is 3.12. The van der Waals surface area contributed by atoms with E-state index in [-0.39, 0.29) is 6.10 Å². The fraction of sp³-hybridized carbons (Fsp3) is 0.286. The highest BCUT2D eigenvalue weighted by atomic mass is 32.1. The Morgan fingerprint density at radius 1 is 1.25 bits per heavy atom. The van der Waals surface area contributed by atoms with Crippen molar-refractivity contribution in [3.8, 4) is 5.75 Å². The second-order valence-corrected chi connectivity index (χ2v) is 5.96. The molecule has 0 radical (unpaired) electrons. The average Bonchev–Trinajstić information content (AvgIpc) is 2.83. The van der Waals surface area contributed by atoms with Crippen molar-refractivity contribution in [2.45, 2.75) is 19.2 Å². The van der Waals surface area contributed by atoms with E-state index < -0.39 is 11.7 Å². The summed E-state index contributed by atoms with van der Waals surface area (Å²) in [6.07, 6.45) is -4.49. The number of ether oxygens (including phenoxy) is 1. The first-order valence-corrected chi connectivity index (χ1v) is 6.93. The maximum atomic E-state index is 12.6. The standard InChI is InChI=1S/C14H12F3NOS/c1-8-2-5-13(20-8)12-7-18-10-6-9(14(15,16)17)3-4-11(10)19-12/h2-6,12,18H,7H2,1H3. The van der Waals surface area contributed by atoms with Gasteiger partial charge in [0.15, 0.2) is 6.10 Å². The van der Waals surface area contributed by atoms with E-state index in [1.54, 1.807) is 11.3 Å². The number of nitrogens with one attached hydrogen (secondary N) is 1. The summed E-state index contributed by atoms with van der Waals surface area (Å²) < 4.78 is 43.7. The van der Waals surface area contributed by atoms with Crippen LogP contribution >= 0.6 is 11.3 Å². The van der Waals surface area contributed by atoms with Gasteiger partial charge in [-0.2, -0.15) is 13.2 Å². The number of hydrogen-bond acceptors (Lipinski definition) is 3. The van der Waals surface area contributed by atoms with E-state index in [1.807, 2.05) is 19.1 Å². The van der Waals surface area contributed by atoms with E-state index in [4.69, 9.17) is 4.74 Å². The summed E-state index contributed by atoms with van der Waals surface area (Å²) in [5.74, 6) is 0.459. The number of alkyl halides is 3. The molecule has 0 saturated heterocycles. The normalized spacial score (nSPS) is 18.1. The lowest BCUT2D eigenvalue weighted by Gasteiger charge is -2.27. The molecule has 1 aromatic carbocycles. The third-order valence-corrected chi connectivity index (χ3v) is 4.23. The summed E-state index contributed by atoms with van der Waals surface area (Å²) in [7, 11) is 0. The van der Waals surface area contributed by atoms with Gasteiger partial charge in [0.1, 0.15) is 5.75 Å². The van der Waals surface area contributed by atoms with Gasteiger partial charge in [0.25, 0.3) is 0 Å². The first-order valence-electron chi connectivity index (χ1n) is 6.11. The predicted octanol–water partition coefficient (Wildman–Crippen LogP) is 4.62. The molecule has 20 heavy (non-hydrogen) atoms. The Labute approximate surface area is 118 Å². The lowest BCUT2D eigenvalue weighted by molar-refractivity contribution is -0.137. The lowest BCUT2D eigenvalue weighted by atomic mass is 10.1. The Morgan fingerprint density at radius 2 is 2.05 bits per heavy atom. The molecule has 1 atom stereocenters. The molecule has 1 N–H and O–H groups in total. The number of aryl methyl sites for hydroxylation is 1. The van der Waals surface area contributed by atoms with Crippen molar-refractivity contribution in [2.24, 2.45) is 0 Å². The second-order valence-electron chi connectivity index (χ2n) is 4.64. The summed E-state index contributed by atoms with van der Waals surface area (Å²) in [4.78, 5) is 2.25. The maximum Gasteiger partial charge on any atom is 0.416 e. The molecule has 2 heterocycles. The van der Waals surface area contributed by atoms with Crippen LogP contribution in [0.25, 0.3) is 0 Å². The molecule has 106 valence electrons. The molecule has 2 nitrogen and oxygen atoms in total. The number of anilines is 1. The van der Waals surface area contributed by atoms with Gasteiger partial charge in [0.2, 0.25) is 0 Å². The Morgan fingerprint density at radius 3 is 2.70 bits per heavy atom. The molecular formula is C14H12F3NOS. The van der Waals surface area contributed by atoms with Crippen LogP contribution in [0.5, 0.6) is 5.75 Å². The molecule has 1 aliphatic heterocycles. The van der Waals surface area contributed by atoms with E-state index in [1.165, 1.54) is 10.9 Å². The minimum absolute atomic E-state index is 0.155. The Hall–Kier alpha value is -1.69. The molecule has 1 aromatic heterocycles. The number of rotatable bonds is 1. The van der Waals surface area contributed by atoms with Gasteiger partial charge in [0.05, 0.1) is 17.8 Å². The highest BCUT2D eigenvalue weighted by Crippen LogP contribution is 2.39. The van der Waals surface area contributed by atoms with Gasteiger partial charge in [-0.15, -0.1) is 11.3 Å². The highest BCUT2D eigenvalue weighted by Gasteiger charge is 2.32. The van der Waals surface area contributed by atoms with E-state index in [2.05, 4.69) is 5.32 Å². The van der Waals surface area contributed by atoms with Crippen molar-refractivity contribution in [3.05, 3.63) is 45.6 Å². The molecule has 1 unspecified atom stereocenters. The molecule has 0 aliphatic carbocycles. The number of hydrogen-bond donors (Lipinski definition) is 1. The molecule has 0 saturated carbocycles. The SMILES string of the molecule is Cc1ccc(C2CNc3cc(C(F)(F)F)ccc3O2)s1. The van der Waals surface area contributed by atoms with Gasteiger partial charge in [-0.25, -0.2) is 0 Å². The quantitative estimate of drug-likeness (QED) is 0.829. The minimum Gasteiger partial charge on any atom is -0.481 e. The molecule has 0 spiro atoms. The molecule has 0 bridgehead atoms. The first-order chi connectivity index (χ1) is 9.43. The summed E-state index contributed by atoms with van der Waals surface area (Å²) >= 11 is 1.63. The lowest BCUT2D eigenvalue weighted by Crippen LogP contribution is -2.23. The van der Waals surface area contributed by atoms with Crippen molar-refractivity contribution in [1.29, 1.82) is 0 Å². The van der Waals surface area contributed by atoms with Crippen LogP contribution in [0.2, 0.25) is 0 Å². The highest BCUT2D eigenvalue weighted by molar-refractivity contribution is 7.12. The Bertz CT molecular complexity index is 636. The predicted molar refractivity (Wildman–Crippen MR) is 72.4 cm³/mol. The number of thiophene rings is 1. The van der Waals surface area contributed by atoms with Crippen molar-refractivity contribution in [1.82, 2.24) is 0 Å². The van der Waals surface area contributed by atoms with Crippen LogP contribution in [0, 0.1) is 6.92 Å². The van der Waals surface area contributed by atoms with Gasteiger partial charge in [-0.3, -0.25) is 0 Å². The zero-order chi connectivity index (χ0) is 14.3. The zero-order valence-corrected chi connectivity index (χ0v) is 11.4. The van der Waals surface area contributed by atoms with Crippen LogP contribution in [0.15, 0.2) is 30.3 Å². The zero-order valence-electron chi connectivity index (χ0n) is 10.6. The van der Waals surface area contributed by atoms with Crippen LogP contribution in [0.4, 0.5) is 18.9 Å². The molecule has 6 heteroatoms. The largest absolute Gasteiger partial charge is 0.481 e. The van der Waals surface area contributed by atoms with E-state index >= 15 is 0 Å².